The average Bonchev–Trinajstić information content (AvgIpc) is 2.32. The maximum atomic E-state index is 17.5. The van der Waals surface area contributed by atoms with Gasteiger partial charge in [-0.05, 0) is 107 Å². The number of para-hydroxylation sites is 1. The number of ether oxygens (including phenoxy) is 4. The van der Waals surface area contributed by atoms with Gasteiger partial charge < -0.3 is 64.9 Å². The number of amides is 4. The number of nitrogens with zero attached hydrogens (tertiary/aromatic N) is 7. The number of fused-ring (bicyclic) bond motifs is 2. The largest absolute Gasteiger partial charge is 0.436 e. The molecule has 6 aromatic rings. The first kappa shape index (κ1) is 57.6. The molecule has 25 heteroatoms. The van der Waals surface area contributed by atoms with E-state index in [1.165, 1.54) is 28.0 Å². The molecule has 0 saturated carbocycles. The minimum Gasteiger partial charge on any atom is -0.436 e. The van der Waals surface area contributed by atoms with Gasteiger partial charge in [0.1, 0.15) is 46.3 Å². The molecule has 85 heavy (non-hydrogen) atoms. The van der Waals surface area contributed by atoms with Crippen molar-refractivity contribution < 1.29 is 64.5 Å². The van der Waals surface area contributed by atoms with Gasteiger partial charge >= 0.3 is 12.2 Å². The third-order valence-corrected chi connectivity index (χ3v) is 18.7. The number of rotatable bonds is 13. The van der Waals surface area contributed by atoms with E-state index in [0.29, 0.717) is 114 Å². The predicted octanol–water partition coefficient (Wildman–Crippen LogP) is 9.21. The average molecular weight is 1180 g/mol. The Morgan fingerprint density at radius 1 is 0.600 bits per heavy atom. The Hall–Kier alpha value is -7.80. The smallest absolute Gasteiger partial charge is 0.405 e. The summed E-state index contributed by atoms with van der Waals surface area (Å²) in [5, 5.41) is 0. The Bertz CT molecular complexity index is 3510. The molecule has 6 N–H and O–H groups in total. The number of imidazole rings is 2. The minimum atomic E-state index is -1.48. The Balaban J connectivity index is 0.902. The highest BCUT2D eigenvalue weighted by molar-refractivity contribution is 5.86. The van der Waals surface area contributed by atoms with E-state index in [2.05, 4.69) is 9.97 Å². The second kappa shape index (κ2) is 23.2. The number of carbonyl (C=O) groups is 4. The van der Waals surface area contributed by atoms with E-state index >= 15 is 17.6 Å². The minimum absolute atomic E-state index is 0.00571. The fourth-order valence-corrected chi connectivity index (χ4v) is 14.3. The summed E-state index contributed by atoms with van der Waals surface area (Å²) >= 11 is 0. The van der Waals surface area contributed by atoms with Crippen molar-refractivity contribution in [2.24, 2.45) is 29.2 Å². The first-order valence-corrected chi connectivity index (χ1v) is 29.2. The second-order valence-corrected chi connectivity index (χ2v) is 23.5. The van der Waals surface area contributed by atoms with Crippen LogP contribution in [0.25, 0.3) is 22.1 Å². The molecular weight excluding hydrogens is 1120 g/mol. The van der Waals surface area contributed by atoms with Crippen LogP contribution in [0.2, 0.25) is 0 Å². The molecule has 6 aliphatic heterocycles. The number of H-pyrrole nitrogens is 2. The van der Waals surface area contributed by atoms with Crippen molar-refractivity contribution >= 4 is 63.1 Å². The van der Waals surface area contributed by atoms with Gasteiger partial charge in [-0.25, -0.2) is 45.9 Å². The zero-order valence-corrected chi connectivity index (χ0v) is 47.1. The van der Waals surface area contributed by atoms with Crippen LogP contribution in [-0.4, -0.2) is 132 Å². The van der Waals surface area contributed by atoms with Gasteiger partial charge in [-0.2, -0.15) is 0 Å². The fraction of sp³-hybridized carbons (Fsp3) is 0.500. The number of benzene rings is 4. The number of halogens is 6. The summed E-state index contributed by atoms with van der Waals surface area (Å²) in [5.41, 5.74) is 10.3. The number of anilines is 3. The Morgan fingerprint density at radius 2 is 1.06 bits per heavy atom. The number of nitrogens with one attached hydrogen (secondary N) is 2. The van der Waals surface area contributed by atoms with Crippen LogP contribution >= 0.6 is 0 Å². The molecule has 0 radical (unpaired) electrons. The molecule has 0 spiro atoms. The fourth-order valence-electron chi connectivity index (χ4n) is 14.3. The monoisotopic (exact) mass is 1180 g/mol. The van der Waals surface area contributed by atoms with Crippen LogP contribution in [0.1, 0.15) is 113 Å². The van der Waals surface area contributed by atoms with Crippen molar-refractivity contribution in [3.05, 3.63) is 112 Å². The van der Waals surface area contributed by atoms with Crippen LogP contribution in [-0.2, 0) is 34.1 Å². The van der Waals surface area contributed by atoms with Crippen LogP contribution in [0.15, 0.2) is 54.6 Å². The van der Waals surface area contributed by atoms with Gasteiger partial charge in [-0.1, -0.05) is 13.0 Å². The van der Waals surface area contributed by atoms with Crippen LogP contribution < -0.4 is 26.2 Å². The number of piperazine rings is 1. The molecule has 2 aromatic heterocycles. The summed E-state index contributed by atoms with van der Waals surface area (Å²) in [4.78, 5) is 76.8. The van der Waals surface area contributed by atoms with Crippen LogP contribution in [0.5, 0.6) is 0 Å². The highest BCUT2D eigenvalue weighted by Gasteiger charge is 2.53. The lowest BCUT2D eigenvalue weighted by molar-refractivity contribution is -0.146. The van der Waals surface area contributed by atoms with Gasteiger partial charge in [0.25, 0.3) is 11.8 Å². The first-order chi connectivity index (χ1) is 40.9. The number of nitrogens with two attached hydrogens (primary N) is 2. The maximum absolute atomic E-state index is 17.5. The van der Waals surface area contributed by atoms with Gasteiger partial charge in [0, 0.05) is 106 Å². The van der Waals surface area contributed by atoms with Crippen molar-refractivity contribution in [3.8, 4) is 0 Å². The number of aromatic nitrogens is 4. The lowest BCUT2D eigenvalue weighted by Crippen LogP contribution is -2.48. The molecule has 4 amide bonds. The molecule has 0 aliphatic carbocycles. The normalized spacial score (nSPS) is 24.2. The van der Waals surface area contributed by atoms with Gasteiger partial charge in [0.15, 0.2) is 23.8 Å². The summed E-state index contributed by atoms with van der Waals surface area (Å²) in [5.74, 6) is -6.25. The number of hydrogen-bond acceptors (Lipinski definition) is 13. The molecule has 19 nitrogen and oxygen atoms in total. The first-order valence-electron chi connectivity index (χ1n) is 29.2. The van der Waals surface area contributed by atoms with E-state index in [1.807, 2.05) is 6.92 Å². The predicted molar refractivity (Wildman–Crippen MR) is 299 cm³/mol. The van der Waals surface area contributed by atoms with Gasteiger partial charge in [0.05, 0.1) is 45.7 Å². The molecule has 8 heterocycles. The molecule has 4 unspecified atom stereocenters. The number of carbonyl (C=O) groups excluding carboxylic acids is 4. The number of primary amides is 2. The van der Waals surface area contributed by atoms with Crippen molar-refractivity contribution in [2.45, 2.75) is 108 Å². The lowest BCUT2D eigenvalue weighted by atomic mass is 9.80. The molecule has 6 fully saturated rings. The van der Waals surface area contributed by atoms with Gasteiger partial charge in [-0.15, -0.1) is 0 Å². The highest BCUT2D eigenvalue weighted by Crippen LogP contribution is 2.56. The molecule has 452 valence electrons. The molecule has 0 bridgehead atoms. The zero-order valence-electron chi connectivity index (χ0n) is 47.1. The summed E-state index contributed by atoms with van der Waals surface area (Å²) in [6.45, 7) is 5.90. The van der Waals surface area contributed by atoms with Crippen LogP contribution in [0, 0.1) is 52.7 Å². The summed E-state index contributed by atoms with van der Waals surface area (Å²) in [7, 11) is 0. The SMILES string of the molecule is CC1CC(c2cc3[nH]c(C4CCCN4C(=O)[C@@H](OC(N)=O)C4CCOCC4)nc3cc2F)N(c2cc(F)c(N3CCN(c4c(F)cccc4F)CC3)c(F)c2)[C@@]1(C)c1cc2[nH]c(C3CCCN3C(=O)[C@@H](OC(N)=O)C3CCOCC3)nc2cc1F. The Labute approximate surface area is 485 Å². The quantitative estimate of drug-likeness (QED) is 0.0792. The second-order valence-electron chi connectivity index (χ2n) is 23.5. The molecule has 7 atom stereocenters. The van der Waals surface area contributed by atoms with Crippen LogP contribution in [0.3, 0.4) is 0 Å². The van der Waals surface area contributed by atoms with E-state index in [9.17, 15) is 28.0 Å². The number of hydrogen-bond donors (Lipinski definition) is 4. The molecule has 6 saturated heterocycles. The van der Waals surface area contributed by atoms with Gasteiger partial charge in [-0.3, -0.25) is 9.59 Å². The molecule has 12 rings (SSSR count). The molecule has 4 aromatic carbocycles. The van der Waals surface area contributed by atoms with Crippen molar-refractivity contribution in [2.75, 3.05) is 80.4 Å². The molecule has 6 aliphatic rings. The maximum Gasteiger partial charge on any atom is 0.405 e. The van der Waals surface area contributed by atoms with Crippen molar-refractivity contribution in [1.82, 2.24) is 29.7 Å². The summed E-state index contributed by atoms with van der Waals surface area (Å²) in [6, 6.07) is 9.28. The summed E-state index contributed by atoms with van der Waals surface area (Å²) in [6.07, 6.45) is -0.207. The lowest BCUT2D eigenvalue weighted by Gasteiger charge is -2.43. The number of aromatic amines is 2. The third kappa shape index (κ3) is 10.7. The van der Waals surface area contributed by atoms with E-state index in [-0.39, 0.29) is 83.7 Å². The zero-order chi connectivity index (χ0) is 59.6. The topological polar surface area (TPSA) is 231 Å². The standard InChI is InChI=1S/C60H67F6N11O8/c1-31-24-49(35-27-43-45(29-39(35)63)71-54(69-43)47-8-4-14-75(47)56(78)52(84-58(67)80)32-10-20-82-21-11-32)77(34-25-41(65)51(42(66)26-34)74-18-16-73(17-19-74)50-37(61)6-3-7-38(50)62)60(31,2)36-28-44-46(30-40(36)64)72-55(70-44)48-9-5-15-76(48)57(79)53(85-59(68)81)33-12-22-83-23-13-33/h3,6-7,25-33,47-49,52-53H,4-5,8-24H2,1-2H3,(H2,67,80)(H2,68,81)(H,69,71)(H,70,72)/t31?,47?,48?,49?,52-,53-,60+/m0/s1. The third-order valence-electron chi connectivity index (χ3n) is 18.7. The van der Waals surface area contributed by atoms with Crippen molar-refractivity contribution in [1.29, 1.82) is 0 Å². The van der Waals surface area contributed by atoms with Crippen molar-refractivity contribution in [3.63, 3.8) is 0 Å². The molecular formula is C60H67F6N11O8. The van der Waals surface area contributed by atoms with E-state index in [0.717, 1.165) is 24.3 Å². The van der Waals surface area contributed by atoms with E-state index in [4.69, 9.17) is 40.4 Å². The Morgan fingerprint density at radius 3 is 1.54 bits per heavy atom. The Kier molecular flexibility index (Phi) is 15.7. The van der Waals surface area contributed by atoms with E-state index < -0.39 is 101 Å². The number of likely N-dealkylation sites (tertiary alicyclic amines) is 2. The summed E-state index contributed by atoms with van der Waals surface area (Å²) < 4.78 is 121. The van der Waals surface area contributed by atoms with Crippen LogP contribution in [0.4, 0.5) is 53.0 Å². The van der Waals surface area contributed by atoms with E-state index in [1.54, 1.807) is 33.8 Å². The van der Waals surface area contributed by atoms with Gasteiger partial charge in [0.2, 0.25) is 0 Å². The highest BCUT2D eigenvalue weighted by atomic mass is 19.2.